The van der Waals surface area contributed by atoms with E-state index in [0.717, 1.165) is 52.0 Å². The molecule has 0 spiro atoms. The Morgan fingerprint density at radius 2 is 0.897 bits per heavy atom. The van der Waals surface area contributed by atoms with Crippen molar-refractivity contribution in [2.24, 2.45) is 11.8 Å². The van der Waals surface area contributed by atoms with Crippen LogP contribution in [0.4, 0.5) is 0 Å². The molecule has 2 atom stereocenters. The molecular formula is C55H41N3. The van der Waals surface area contributed by atoms with Gasteiger partial charge in [0.25, 0.3) is 0 Å². The largest absolute Gasteiger partial charge is 0.260 e. The highest BCUT2D eigenvalue weighted by atomic mass is 14.9. The van der Waals surface area contributed by atoms with Crippen molar-refractivity contribution in [3.8, 4) is 56.2 Å². The monoisotopic (exact) mass is 743 g/mol. The van der Waals surface area contributed by atoms with Gasteiger partial charge in [-0.15, -0.1) is 0 Å². The Kier molecular flexibility index (Phi) is 8.22. The molecule has 58 heavy (non-hydrogen) atoms. The molecule has 0 saturated carbocycles. The van der Waals surface area contributed by atoms with Gasteiger partial charge in [0.1, 0.15) is 0 Å². The minimum Gasteiger partial charge on any atom is -0.260 e. The predicted octanol–water partition coefficient (Wildman–Crippen LogP) is 14.2. The maximum Gasteiger partial charge on any atom is 0.160 e. The Balaban J connectivity index is 1.03. The summed E-state index contributed by atoms with van der Waals surface area (Å²) >= 11 is 0. The summed E-state index contributed by atoms with van der Waals surface area (Å²) in [4.78, 5) is 15.6. The lowest BCUT2D eigenvalue weighted by Gasteiger charge is -2.27. The van der Waals surface area contributed by atoms with Gasteiger partial charge in [0, 0.05) is 34.1 Å². The van der Waals surface area contributed by atoms with Crippen molar-refractivity contribution < 1.29 is 0 Å². The first-order valence-electron chi connectivity index (χ1n) is 20.4. The van der Waals surface area contributed by atoms with Gasteiger partial charge in [-0.05, 0) is 114 Å². The van der Waals surface area contributed by atoms with Crippen LogP contribution in [0, 0.1) is 11.8 Å². The molecule has 8 aromatic carbocycles. The molecule has 2 aromatic heterocycles. The van der Waals surface area contributed by atoms with Crippen molar-refractivity contribution in [1.29, 1.82) is 0 Å². The number of nitrogens with zero attached hydrogens (tertiary/aromatic N) is 3. The standard InChI is InChI=1S/C55H41N3/c1-34-27-42-29-43(33-56-52(42)28-35(34)2)36-19-25-39(26-20-36)55-57-53(32-54(58-55)51-31-41-12-4-6-14-45(41)47-16-8-10-18-49(47)51)38-23-21-37(22-24-38)50-30-40-11-3-5-13-44(40)46-15-7-9-17-48(46)50/h3-26,29-35H,27-28H2,1-2H3/t34?,35-/m0/s1. The summed E-state index contributed by atoms with van der Waals surface area (Å²) in [6.45, 7) is 4.70. The quantitative estimate of drug-likeness (QED) is 0.165. The maximum absolute atomic E-state index is 5.34. The normalized spacial score (nSPS) is 15.3. The first-order valence-corrected chi connectivity index (χ1v) is 20.4. The Morgan fingerprint density at radius 3 is 1.57 bits per heavy atom. The highest BCUT2D eigenvalue weighted by molar-refractivity contribution is 6.15. The molecule has 0 aliphatic heterocycles. The number of rotatable bonds is 5. The lowest BCUT2D eigenvalue weighted by Crippen LogP contribution is -2.21. The topological polar surface area (TPSA) is 38.7 Å². The molecule has 276 valence electrons. The van der Waals surface area contributed by atoms with Gasteiger partial charge < -0.3 is 0 Å². The van der Waals surface area contributed by atoms with Crippen molar-refractivity contribution in [3.05, 3.63) is 187 Å². The lowest BCUT2D eigenvalue weighted by molar-refractivity contribution is 0.356. The molecule has 0 bridgehead atoms. The zero-order valence-electron chi connectivity index (χ0n) is 32.7. The van der Waals surface area contributed by atoms with E-state index in [1.807, 2.05) is 6.20 Å². The van der Waals surface area contributed by atoms with Gasteiger partial charge in [0.15, 0.2) is 5.82 Å². The zero-order chi connectivity index (χ0) is 38.7. The number of aromatic nitrogens is 3. The van der Waals surface area contributed by atoms with Crippen molar-refractivity contribution in [2.45, 2.75) is 26.7 Å². The molecule has 10 aromatic rings. The molecule has 11 rings (SSSR count). The Labute approximate surface area is 338 Å². The number of benzene rings is 8. The van der Waals surface area contributed by atoms with Gasteiger partial charge >= 0.3 is 0 Å². The van der Waals surface area contributed by atoms with Crippen LogP contribution in [0.3, 0.4) is 0 Å². The van der Waals surface area contributed by atoms with Crippen molar-refractivity contribution in [2.75, 3.05) is 0 Å². The SMILES string of the molecule is CC1Cc2cc(-c3ccc(-c4nc(-c5ccc(-c6cc7ccccc7c7ccccc67)cc5)cc(-c5cc6ccccc6c6ccccc56)n4)cc3)cnc2C[C@@H]1C. The van der Waals surface area contributed by atoms with Gasteiger partial charge in [-0.2, -0.15) is 0 Å². The fraction of sp³-hybridized carbons (Fsp3) is 0.109. The van der Waals surface area contributed by atoms with Gasteiger partial charge in [-0.1, -0.05) is 159 Å². The number of fused-ring (bicyclic) bond motifs is 7. The number of pyridine rings is 1. The van der Waals surface area contributed by atoms with Gasteiger partial charge in [-0.25, -0.2) is 9.97 Å². The number of hydrogen-bond acceptors (Lipinski definition) is 3. The average molecular weight is 744 g/mol. The summed E-state index contributed by atoms with van der Waals surface area (Å²) in [5.74, 6) is 2.04. The van der Waals surface area contributed by atoms with E-state index in [1.165, 1.54) is 65.5 Å². The van der Waals surface area contributed by atoms with Crippen molar-refractivity contribution in [3.63, 3.8) is 0 Å². The predicted molar refractivity (Wildman–Crippen MR) is 243 cm³/mol. The minimum absolute atomic E-state index is 0.667. The van der Waals surface area contributed by atoms with Crippen LogP contribution in [0.15, 0.2) is 176 Å². The minimum atomic E-state index is 0.667. The van der Waals surface area contributed by atoms with Crippen LogP contribution in [0.1, 0.15) is 25.1 Å². The van der Waals surface area contributed by atoms with Crippen molar-refractivity contribution >= 4 is 43.1 Å². The van der Waals surface area contributed by atoms with Crippen LogP contribution < -0.4 is 0 Å². The van der Waals surface area contributed by atoms with Crippen molar-refractivity contribution in [1.82, 2.24) is 15.0 Å². The third-order valence-electron chi connectivity index (χ3n) is 12.6. The molecule has 0 saturated heterocycles. The fourth-order valence-corrected chi connectivity index (χ4v) is 9.17. The Hall–Kier alpha value is -6.97. The molecule has 2 heterocycles. The molecule has 0 N–H and O–H groups in total. The summed E-state index contributed by atoms with van der Waals surface area (Å²) in [5, 5.41) is 9.86. The summed E-state index contributed by atoms with van der Waals surface area (Å²) < 4.78 is 0. The smallest absolute Gasteiger partial charge is 0.160 e. The third kappa shape index (κ3) is 5.94. The molecule has 3 nitrogen and oxygen atoms in total. The molecule has 0 fully saturated rings. The molecule has 0 amide bonds. The highest BCUT2D eigenvalue weighted by Crippen LogP contribution is 2.39. The summed E-state index contributed by atoms with van der Waals surface area (Å²) in [6.07, 6.45) is 4.18. The van der Waals surface area contributed by atoms with Crippen LogP contribution in [-0.4, -0.2) is 15.0 Å². The van der Waals surface area contributed by atoms with Gasteiger partial charge in [0.2, 0.25) is 0 Å². The van der Waals surface area contributed by atoms with E-state index in [4.69, 9.17) is 15.0 Å². The van der Waals surface area contributed by atoms with E-state index in [1.54, 1.807) is 0 Å². The van der Waals surface area contributed by atoms with E-state index < -0.39 is 0 Å². The Morgan fingerprint density at radius 1 is 0.397 bits per heavy atom. The second kappa shape index (κ2) is 13.9. The third-order valence-corrected chi connectivity index (χ3v) is 12.6. The average Bonchev–Trinajstić information content (AvgIpc) is 3.28. The first kappa shape index (κ1) is 34.3. The summed E-state index contributed by atoms with van der Waals surface area (Å²) in [5.41, 5.74) is 12.3. The highest BCUT2D eigenvalue weighted by Gasteiger charge is 2.23. The number of hydrogen-bond donors (Lipinski definition) is 0. The second-order valence-corrected chi connectivity index (χ2v) is 16.2. The van der Waals surface area contributed by atoms with Crippen LogP contribution in [0.25, 0.3) is 99.2 Å². The van der Waals surface area contributed by atoms with Crippen LogP contribution >= 0.6 is 0 Å². The molecule has 3 heteroatoms. The fourth-order valence-electron chi connectivity index (χ4n) is 9.17. The van der Waals surface area contributed by atoms with E-state index in [2.05, 4.69) is 184 Å². The lowest BCUT2D eigenvalue weighted by atomic mass is 9.79. The van der Waals surface area contributed by atoms with Crippen LogP contribution in [-0.2, 0) is 12.8 Å². The summed E-state index contributed by atoms with van der Waals surface area (Å²) in [7, 11) is 0. The first-order chi connectivity index (χ1) is 28.5. The van der Waals surface area contributed by atoms with E-state index in [0.29, 0.717) is 17.7 Å². The van der Waals surface area contributed by atoms with Gasteiger partial charge in [-0.3, -0.25) is 4.98 Å². The molecule has 1 unspecified atom stereocenters. The van der Waals surface area contributed by atoms with Gasteiger partial charge in [0.05, 0.1) is 11.4 Å². The summed E-state index contributed by atoms with van der Waals surface area (Å²) in [6, 6.07) is 61.4. The van der Waals surface area contributed by atoms with E-state index in [9.17, 15) is 0 Å². The molecule has 1 aliphatic carbocycles. The molecule has 0 radical (unpaired) electrons. The van der Waals surface area contributed by atoms with E-state index >= 15 is 0 Å². The van der Waals surface area contributed by atoms with E-state index in [-0.39, 0.29) is 0 Å². The molecular weight excluding hydrogens is 703 g/mol. The molecule has 1 aliphatic rings. The van der Waals surface area contributed by atoms with Crippen LogP contribution in [0.2, 0.25) is 0 Å². The Bertz CT molecular complexity index is 3200. The van der Waals surface area contributed by atoms with Crippen LogP contribution in [0.5, 0.6) is 0 Å². The maximum atomic E-state index is 5.34. The second-order valence-electron chi connectivity index (χ2n) is 16.2. The zero-order valence-corrected chi connectivity index (χ0v) is 32.7.